The highest BCUT2D eigenvalue weighted by Crippen LogP contribution is 2.55. The molecule has 3 amide bonds. The molecule has 1 unspecified atom stereocenters. The molecule has 2 N–H and O–H groups in total. The lowest BCUT2D eigenvalue weighted by Crippen LogP contribution is -2.74. The molecule has 1 spiro atoms. The normalized spacial score (nSPS) is 25.4. The van der Waals surface area contributed by atoms with Crippen LogP contribution in [0.5, 0.6) is 5.75 Å². The van der Waals surface area contributed by atoms with Crippen LogP contribution in [0.2, 0.25) is 5.02 Å². The van der Waals surface area contributed by atoms with E-state index >= 15 is 0 Å². The number of hydrogen-bond acceptors (Lipinski definition) is 12. The number of pyridine rings is 1. The zero-order valence-electron chi connectivity index (χ0n) is 35.0. The lowest BCUT2D eigenvalue weighted by atomic mass is 9.49. The largest absolute Gasteiger partial charge is 0.489 e. The molecule has 1 saturated carbocycles. The van der Waals surface area contributed by atoms with Crippen LogP contribution in [0.25, 0.3) is 10.9 Å². The van der Waals surface area contributed by atoms with Crippen LogP contribution in [-0.4, -0.2) is 101 Å². The fourth-order valence-corrected chi connectivity index (χ4v) is 11.1. The number of piperidine rings is 2. The Bertz CT molecular complexity index is 2490. The third kappa shape index (κ3) is 7.47. The maximum Gasteiger partial charge on any atom is 0.278 e. The Kier molecular flexibility index (Phi) is 10.3. The van der Waals surface area contributed by atoms with E-state index in [2.05, 4.69) is 69.4 Å². The predicted octanol–water partition coefficient (Wildman–Crippen LogP) is 4.73. The monoisotopic (exact) mass is 846 g/mol. The number of anilines is 2. The fourth-order valence-electron chi connectivity index (χ4n) is 10.9. The average Bonchev–Trinajstić information content (AvgIpc) is 3.70. The van der Waals surface area contributed by atoms with Gasteiger partial charge in [0.25, 0.3) is 17.4 Å². The summed E-state index contributed by atoms with van der Waals surface area (Å²) in [4.78, 5) is 62.7. The van der Waals surface area contributed by atoms with Gasteiger partial charge in [-0.3, -0.25) is 24.5 Å². The number of nitriles is 1. The number of ether oxygens (including phenoxy) is 1. The molecule has 4 aliphatic heterocycles. The fraction of sp³-hybridized carbons (Fsp3) is 0.511. The standard InChI is InChI=1S/C45H51ClN10O5/c1-43(2)41(44(3,4)42(43)61-31-8-5-28(21-47)33(46)20-31)50-38(58)29-6-11-36(48-22-29)54-16-13-27(24-54)23-53-17-14-45(15-18-53)25-55(26-45)30-7-9-32-34(19-30)51-52-56(40(32)60)35-10-12-37(57)49-39(35)59/h5-9,11,19-20,22,27,35,41-42H,10,12-18,23-26H2,1-4H3,(H,50,58)(H,49,57,59)/t27-,35?,41?,42?/m1/s1. The zero-order valence-corrected chi connectivity index (χ0v) is 35.7. The van der Waals surface area contributed by atoms with Gasteiger partial charge in [-0.2, -0.15) is 9.94 Å². The minimum absolute atomic E-state index is 0.142. The van der Waals surface area contributed by atoms with Crippen molar-refractivity contribution in [2.75, 3.05) is 55.6 Å². The molecule has 2 aromatic carbocycles. The molecule has 15 nitrogen and oxygen atoms in total. The van der Waals surface area contributed by atoms with Crippen molar-refractivity contribution in [3.05, 3.63) is 81.2 Å². The molecule has 9 rings (SSSR count). The molecule has 4 aromatic rings. The van der Waals surface area contributed by atoms with Crippen LogP contribution in [0.15, 0.2) is 59.5 Å². The van der Waals surface area contributed by atoms with Crippen molar-refractivity contribution in [2.45, 2.75) is 78.0 Å². The maximum absolute atomic E-state index is 13.5. The number of benzene rings is 2. The molecule has 0 bridgehead atoms. The molecule has 2 atom stereocenters. The van der Waals surface area contributed by atoms with Gasteiger partial charge in [0.1, 0.15) is 35.3 Å². The number of fused-ring (bicyclic) bond motifs is 1. The van der Waals surface area contributed by atoms with E-state index in [1.807, 2.05) is 24.3 Å². The van der Waals surface area contributed by atoms with Gasteiger partial charge >= 0.3 is 0 Å². The summed E-state index contributed by atoms with van der Waals surface area (Å²) in [5.41, 5.74) is 1.61. The van der Waals surface area contributed by atoms with Gasteiger partial charge in [0.15, 0.2) is 0 Å². The second-order valence-corrected chi connectivity index (χ2v) is 19.4. The van der Waals surface area contributed by atoms with E-state index in [4.69, 9.17) is 21.3 Å². The van der Waals surface area contributed by atoms with Crippen molar-refractivity contribution in [3.63, 3.8) is 0 Å². The molecular weight excluding hydrogens is 796 g/mol. The van der Waals surface area contributed by atoms with Crippen LogP contribution >= 0.6 is 11.6 Å². The van der Waals surface area contributed by atoms with Gasteiger partial charge < -0.3 is 24.8 Å². The number of nitrogens with one attached hydrogen (secondary N) is 2. The Morgan fingerprint density at radius 1 is 0.984 bits per heavy atom. The van der Waals surface area contributed by atoms with E-state index in [-0.39, 0.29) is 58.6 Å². The topological polar surface area (TPSA) is 179 Å². The van der Waals surface area contributed by atoms with Gasteiger partial charge in [-0.1, -0.05) is 44.5 Å². The highest BCUT2D eigenvalue weighted by atomic mass is 35.5. The van der Waals surface area contributed by atoms with E-state index in [0.29, 0.717) is 38.7 Å². The number of carbonyl (C=O) groups excluding carboxylic acids is 3. The minimum Gasteiger partial charge on any atom is -0.489 e. The molecule has 4 saturated heterocycles. The Morgan fingerprint density at radius 3 is 2.44 bits per heavy atom. The maximum atomic E-state index is 13.5. The number of halogens is 1. The third-order valence-corrected chi connectivity index (χ3v) is 14.4. The second-order valence-electron chi connectivity index (χ2n) is 19.0. The van der Waals surface area contributed by atoms with Crippen molar-refractivity contribution in [1.82, 2.24) is 35.5 Å². The van der Waals surface area contributed by atoms with Gasteiger partial charge in [-0.05, 0) is 87.2 Å². The van der Waals surface area contributed by atoms with E-state index in [1.165, 1.54) is 0 Å². The summed E-state index contributed by atoms with van der Waals surface area (Å²) in [6, 6.07) is 15.6. The highest BCUT2D eigenvalue weighted by molar-refractivity contribution is 6.31. The first-order valence-corrected chi connectivity index (χ1v) is 21.6. The van der Waals surface area contributed by atoms with E-state index in [1.54, 1.807) is 30.5 Å². The van der Waals surface area contributed by atoms with Gasteiger partial charge in [0.2, 0.25) is 5.91 Å². The third-order valence-electron chi connectivity index (χ3n) is 14.1. The number of hydrogen-bond donors (Lipinski definition) is 2. The SMILES string of the molecule is CC1(C)C(NC(=O)c2ccc(N3CC[C@H](CN4CCC5(CC4)CN(c4ccc6c(=O)n(C7CCC(=O)NC7=O)nnc6c4)C5)C3)nc2)C(C)(C)C1Oc1ccc(C#N)c(Cl)c1. The average molecular weight is 847 g/mol. The highest BCUT2D eigenvalue weighted by Gasteiger charge is 2.64. The second kappa shape index (κ2) is 15.4. The first kappa shape index (κ1) is 40.8. The van der Waals surface area contributed by atoms with Gasteiger partial charge in [-0.25, -0.2) is 4.98 Å². The minimum atomic E-state index is -0.840. The number of imide groups is 1. The molecule has 16 heteroatoms. The lowest BCUT2D eigenvalue weighted by Gasteiger charge is -2.63. The first-order chi connectivity index (χ1) is 29.1. The van der Waals surface area contributed by atoms with E-state index in [0.717, 1.165) is 81.3 Å². The molecule has 5 fully saturated rings. The molecule has 0 radical (unpaired) electrons. The van der Waals surface area contributed by atoms with Crippen molar-refractivity contribution in [2.24, 2.45) is 22.2 Å². The first-order valence-electron chi connectivity index (χ1n) is 21.2. The molecule has 5 aliphatic rings. The van der Waals surface area contributed by atoms with Crippen LogP contribution in [0.1, 0.15) is 81.8 Å². The van der Waals surface area contributed by atoms with Crippen molar-refractivity contribution < 1.29 is 19.1 Å². The number of likely N-dealkylation sites (tertiary alicyclic amines) is 1. The number of amides is 3. The molecule has 61 heavy (non-hydrogen) atoms. The summed E-state index contributed by atoms with van der Waals surface area (Å²) in [6.07, 6.45) is 5.27. The Morgan fingerprint density at radius 2 is 1.75 bits per heavy atom. The molecule has 2 aromatic heterocycles. The summed E-state index contributed by atoms with van der Waals surface area (Å²) in [5, 5.41) is 23.9. The summed E-state index contributed by atoms with van der Waals surface area (Å²) >= 11 is 6.26. The zero-order chi connectivity index (χ0) is 42.8. The summed E-state index contributed by atoms with van der Waals surface area (Å²) < 4.78 is 7.48. The van der Waals surface area contributed by atoms with Crippen molar-refractivity contribution in [1.29, 1.82) is 5.26 Å². The Labute approximate surface area is 359 Å². The summed E-state index contributed by atoms with van der Waals surface area (Å²) in [6.45, 7) is 15.4. The van der Waals surface area contributed by atoms with Gasteiger partial charge in [-0.15, -0.1) is 5.10 Å². The van der Waals surface area contributed by atoms with E-state index < -0.39 is 11.9 Å². The molecule has 1 aliphatic carbocycles. The molecule has 6 heterocycles. The summed E-state index contributed by atoms with van der Waals surface area (Å²) in [7, 11) is 0. The smallest absolute Gasteiger partial charge is 0.278 e. The quantitative estimate of drug-likeness (QED) is 0.222. The number of rotatable bonds is 9. The van der Waals surface area contributed by atoms with Crippen LogP contribution in [0.3, 0.4) is 0 Å². The summed E-state index contributed by atoms with van der Waals surface area (Å²) in [5.74, 6) is 1.01. The Balaban J connectivity index is 0.731. The van der Waals surface area contributed by atoms with E-state index in [9.17, 15) is 24.4 Å². The number of carbonyl (C=O) groups is 3. The number of aromatic nitrogens is 4. The predicted molar refractivity (Wildman–Crippen MR) is 229 cm³/mol. The van der Waals surface area contributed by atoms with Crippen LogP contribution < -0.4 is 30.7 Å². The van der Waals surface area contributed by atoms with Crippen molar-refractivity contribution >= 4 is 51.7 Å². The van der Waals surface area contributed by atoms with Crippen molar-refractivity contribution in [3.8, 4) is 11.8 Å². The van der Waals surface area contributed by atoms with Crippen LogP contribution in [0.4, 0.5) is 11.5 Å². The van der Waals surface area contributed by atoms with Crippen LogP contribution in [0, 0.1) is 33.5 Å². The van der Waals surface area contributed by atoms with Gasteiger partial charge in [0, 0.05) is 79.4 Å². The van der Waals surface area contributed by atoms with Crippen LogP contribution in [-0.2, 0) is 9.59 Å². The van der Waals surface area contributed by atoms with Gasteiger partial charge in [0.05, 0.1) is 21.5 Å². The number of nitrogens with zero attached hydrogens (tertiary/aromatic N) is 8. The molecular formula is C45H51ClN10O5. The lowest BCUT2D eigenvalue weighted by molar-refractivity contribution is -0.164. The Hall–Kier alpha value is -5.59. The molecule has 318 valence electrons.